The van der Waals surface area contributed by atoms with Gasteiger partial charge in [-0.15, -0.1) is 0 Å². The van der Waals surface area contributed by atoms with Crippen LogP contribution in [0.15, 0.2) is 30.3 Å². The lowest BCUT2D eigenvalue weighted by Gasteiger charge is -2.29. The van der Waals surface area contributed by atoms with Gasteiger partial charge in [0.2, 0.25) is 6.04 Å². The molecule has 0 atom stereocenters. The summed E-state index contributed by atoms with van der Waals surface area (Å²) in [7, 11) is 0. The largest absolute Gasteiger partial charge is 0.319 e. The van der Waals surface area contributed by atoms with E-state index in [0.717, 1.165) is 18.8 Å². The van der Waals surface area contributed by atoms with Crippen LogP contribution in [0.2, 0.25) is 0 Å². The van der Waals surface area contributed by atoms with E-state index in [2.05, 4.69) is 5.43 Å². The molecule has 0 radical (unpaired) electrons. The van der Waals surface area contributed by atoms with E-state index in [0.29, 0.717) is 12.8 Å². The van der Waals surface area contributed by atoms with Crippen molar-refractivity contribution in [2.24, 2.45) is 0 Å². The molecule has 5 nitrogen and oxygen atoms in total. The number of rotatable bonds is 3. The number of benzene rings is 1. The van der Waals surface area contributed by atoms with Gasteiger partial charge in [-0.25, -0.2) is 5.01 Å². The summed E-state index contributed by atoms with van der Waals surface area (Å²) in [6, 6.07) is 9.50. The zero-order chi connectivity index (χ0) is 11.4. The van der Waals surface area contributed by atoms with Gasteiger partial charge in [0.05, 0.1) is 0 Å². The summed E-state index contributed by atoms with van der Waals surface area (Å²) >= 11 is 0. The minimum atomic E-state index is -0.367. The zero-order valence-electron chi connectivity index (χ0n) is 9.00. The van der Waals surface area contributed by atoms with Crippen LogP contribution in [0.5, 0.6) is 0 Å². The molecular formula is C11H15N3O2. The maximum atomic E-state index is 10.6. The fraction of sp³-hybridized carbons (Fsp3) is 0.455. The average molecular weight is 221 g/mol. The molecule has 0 aliphatic carbocycles. The van der Waals surface area contributed by atoms with Crippen LogP contribution in [-0.2, 0) is 0 Å². The van der Waals surface area contributed by atoms with Crippen molar-refractivity contribution in [3.63, 3.8) is 0 Å². The van der Waals surface area contributed by atoms with E-state index in [1.165, 1.54) is 0 Å². The van der Waals surface area contributed by atoms with Crippen LogP contribution in [-0.4, -0.2) is 29.1 Å². The second-order valence-corrected chi connectivity index (χ2v) is 3.98. The molecule has 2 rings (SSSR count). The maximum absolute atomic E-state index is 10.6. The van der Waals surface area contributed by atoms with Gasteiger partial charge in [0, 0.05) is 36.5 Å². The van der Waals surface area contributed by atoms with Crippen molar-refractivity contribution in [1.82, 2.24) is 5.01 Å². The SMILES string of the molecule is O=[N+]([O-])C1CCN(Nc2ccccc2)CC1. The molecule has 1 heterocycles. The Morgan fingerprint density at radius 3 is 2.44 bits per heavy atom. The molecule has 0 saturated carbocycles. The summed E-state index contributed by atoms with van der Waals surface area (Å²) in [6.45, 7) is 1.45. The van der Waals surface area contributed by atoms with Crippen molar-refractivity contribution >= 4 is 5.69 Å². The number of piperidine rings is 1. The number of hydrogen-bond acceptors (Lipinski definition) is 4. The van der Waals surface area contributed by atoms with Gasteiger partial charge in [0.15, 0.2) is 0 Å². The summed E-state index contributed by atoms with van der Waals surface area (Å²) in [5.41, 5.74) is 4.28. The van der Waals surface area contributed by atoms with Gasteiger partial charge in [-0.2, -0.15) is 0 Å². The third kappa shape index (κ3) is 2.70. The molecule has 86 valence electrons. The van der Waals surface area contributed by atoms with Crippen molar-refractivity contribution in [2.45, 2.75) is 18.9 Å². The van der Waals surface area contributed by atoms with Crippen molar-refractivity contribution in [2.75, 3.05) is 18.5 Å². The van der Waals surface area contributed by atoms with E-state index in [4.69, 9.17) is 0 Å². The van der Waals surface area contributed by atoms with Gasteiger partial charge >= 0.3 is 0 Å². The number of nitro groups is 1. The van der Waals surface area contributed by atoms with Gasteiger partial charge in [0.25, 0.3) is 0 Å². The molecule has 1 fully saturated rings. The second kappa shape index (κ2) is 4.94. The number of hydrogen-bond donors (Lipinski definition) is 1. The van der Waals surface area contributed by atoms with E-state index in [1.54, 1.807) is 0 Å². The second-order valence-electron chi connectivity index (χ2n) is 3.98. The van der Waals surface area contributed by atoms with E-state index < -0.39 is 0 Å². The first-order valence-electron chi connectivity index (χ1n) is 5.46. The first-order valence-corrected chi connectivity index (χ1v) is 5.46. The molecule has 0 unspecified atom stereocenters. The van der Waals surface area contributed by atoms with E-state index >= 15 is 0 Å². The fourth-order valence-electron chi connectivity index (χ4n) is 1.88. The van der Waals surface area contributed by atoms with Crippen LogP contribution in [0, 0.1) is 10.1 Å². The predicted molar refractivity (Wildman–Crippen MR) is 61.7 cm³/mol. The van der Waals surface area contributed by atoms with Crippen LogP contribution in [0.4, 0.5) is 5.69 Å². The minimum absolute atomic E-state index is 0.167. The highest BCUT2D eigenvalue weighted by molar-refractivity contribution is 5.41. The topological polar surface area (TPSA) is 58.4 Å². The first kappa shape index (κ1) is 10.9. The smallest absolute Gasteiger partial charge is 0.215 e. The Kier molecular flexibility index (Phi) is 3.36. The first-order chi connectivity index (χ1) is 7.75. The van der Waals surface area contributed by atoms with Gasteiger partial charge in [-0.05, 0) is 12.1 Å². The van der Waals surface area contributed by atoms with Crippen molar-refractivity contribution in [3.8, 4) is 0 Å². The lowest BCUT2D eigenvalue weighted by atomic mass is 10.1. The third-order valence-electron chi connectivity index (χ3n) is 2.82. The van der Waals surface area contributed by atoms with Crippen LogP contribution in [0.1, 0.15) is 12.8 Å². The predicted octanol–water partition coefficient (Wildman–Crippen LogP) is 1.75. The van der Waals surface area contributed by atoms with Crippen LogP contribution >= 0.6 is 0 Å². The normalized spacial score (nSPS) is 18.2. The third-order valence-corrected chi connectivity index (χ3v) is 2.82. The Labute approximate surface area is 94.2 Å². The molecule has 1 aromatic rings. The molecule has 0 amide bonds. The zero-order valence-corrected chi connectivity index (χ0v) is 9.00. The summed E-state index contributed by atoms with van der Waals surface area (Å²) < 4.78 is 0. The Balaban J connectivity index is 1.84. The number of para-hydroxylation sites is 1. The molecule has 1 aromatic carbocycles. The Hall–Kier alpha value is -1.62. The summed E-state index contributed by atoms with van der Waals surface area (Å²) in [5.74, 6) is 0. The van der Waals surface area contributed by atoms with Crippen molar-refractivity contribution in [1.29, 1.82) is 0 Å². The Morgan fingerprint density at radius 2 is 1.88 bits per heavy atom. The highest BCUT2D eigenvalue weighted by Crippen LogP contribution is 2.14. The highest BCUT2D eigenvalue weighted by atomic mass is 16.6. The summed E-state index contributed by atoms with van der Waals surface area (Å²) in [6.07, 6.45) is 1.24. The molecule has 0 aromatic heterocycles. The van der Waals surface area contributed by atoms with Gasteiger partial charge in [0.1, 0.15) is 0 Å². The highest BCUT2D eigenvalue weighted by Gasteiger charge is 2.26. The van der Waals surface area contributed by atoms with Crippen LogP contribution in [0.25, 0.3) is 0 Å². The fourth-order valence-corrected chi connectivity index (χ4v) is 1.88. The van der Waals surface area contributed by atoms with E-state index in [-0.39, 0.29) is 11.0 Å². The van der Waals surface area contributed by atoms with Crippen molar-refractivity contribution < 1.29 is 4.92 Å². The number of anilines is 1. The van der Waals surface area contributed by atoms with Crippen LogP contribution in [0.3, 0.4) is 0 Å². The Bertz CT molecular complexity index is 348. The summed E-state index contributed by atoms with van der Waals surface area (Å²) in [4.78, 5) is 10.4. The molecule has 1 saturated heterocycles. The molecule has 0 spiro atoms. The van der Waals surface area contributed by atoms with Gasteiger partial charge < -0.3 is 5.43 Å². The molecule has 5 heteroatoms. The molecule has 1 N–H and O–H groups in total. The molecule has 16 heavy (non-hydrogen) atoms. The number of hydrazine groups is 1. The van der Waals surface area contributed by atoms with E-state index in [1.807, 2.05) is 35.3 Å². The lowest BCUT2D eigenvalue weighted by molar-refractivity contribution is -0.526. The Morgan fingerprint density at radius 1 is 1.25 bits per heavy atom. The summed E-state index contributed by atoms with van der Waals surface area (Å²) in [5, 5.41) is 12.6. The maximum Gasteiger partial charge on any atom is 0.215 e. The van der Waals surface area contributed by atoms with Gasteiger partial charge in [-0.3, -0.25) is 10.1 Å². The van der Waals surface area contributed by atoms with Crippen molar-refractivity contribution in [3.05, 3.63) is 40.4 Å². The molecule has 1 aliphatic heterocycles. The number of nitrogens with one attached hydrogen (secondary N) is 1. The standard InChI is InChI=1S/C11H15N3O2/c15-14(16)11-6-8-13(9-7-11)12-10-4-2-1-3-5-10/h1-5,11-12H,6-9H2. The lowest BCUT2D eigenvalue weighted by Crippen LogP contribution is -2.42. The quantitative estimate of drug-likeness (QED) is 0.624. The van der Waals surface area contributed by atoms with Gasteiger partial charge in [-0.1, -0.05) is 18.2 Å². The molecular weight excluding hydrogens is 206 g/mol. The minimum Gasteiger partial charge on any atom is -0.319 e. The average Bonchev–Trinajstić information content (AvgIpc) is 2.31. The molecule has 1 aliphatic rings. The molecule has 0 bridgehead atoms. The monoisotopic (exact) mass is 221 g/mol. The van der Waals surface area contributed by atoms with E-state index in [9.17, 15) is 10.1 Å². The number of nitrogens with zero attached hydrogens (tertiary/aromatic N) is 2. The van der Waals surface area contributed by atoms with Crippen LogP contribution < -0.4 is 5.43 Å².